The second-order valence-corrected chi connectivity index (χ2v) is 8.68. The van der Waals surface area contributed by atoms with Gasteiger partial charge in [0, 0.05) is 24.4 Å². The van der Waals surface area contributed by atoms with Crippen LogP contribution in [0.25, 0.3) is 23.0 Å². The lowest BCUT2D eigenvalue weighted by Crippen LogP contribution is -2.31. The SMILES string of the molecule is COCCN1C(=O)/C(=C/c2cn(-c3ccccc3)nc2-c2ccc(C)c(F)c2)SC1=S. The number of carbonyl (C=O) groups is 1. The van der Waals surface area contributed by atoms with E-state index in [1.54, 1.807) is 30.9 Å². The van der Waals surface area contributed by atoms with Gasteiger partial charge >= 0.3 is 0 Å². The lowest BCUT2D eigenvalue weighted by atomic mass is 10.1. The molecule has 5 nitrogen and oxygen atoms in total. The Morgan fingerprint density at radius 2 is 2.00 bits per heavy atom. The average molecular weight is 454 g/mol. The predicted octanol–water partition coefficient (Wildman–Crippen LogP) is 4.83. The van der Waals surface area contributed by atoms with E-state index in [0.717, 1.165) is 5.69 Å². The third-order valence-electron chi connectivity index (χ3n) is 4.89. The smallest absolute Gasteiger partial charge is 0.266 e. The first-order valence-corrected chi connectivity index (χ1v) is 10.9. The summed E-state index contributed by atoms with van der Waals surface area (Å²) in [6.07, 6.45) is 3.61. The number of nitrogens with zero attached hydrogens (tertiary/aromatic N) is 3. The molecule has 0 saturated carbocycles. The number of hydrogen-bond donors (Lipinski definition) is 0. The van der Waals surface area contributed by atoms with E-state index < -0.39 is 0 Å². The Bertz CT molecular complexity index is 1170. The monoisotopic (exact) mass is 453 g/mol. The first-order valence-electron chi connectivity index (χ1n) is 9.64. The number of thioether (sulfide) groups is 1. The Balaban J connectivity index is 1.78. The van der Waals surface area contributed by atoms with E-state index in [1.807, 2.05) is 42.6 Å². The summed E-state index contributed by atoms with van der Waals surface area (Å²) in [5.41, 5.74) is 3.36. The molecule has 1 saturated heterocycles. The number of aryl methyl sites for hydroxylation is 1. The van der Waals surface area contributed by atoms with Crippen LogP contribution in [0.15, 0.2) is 59.6 Å². The molecular weight excluding hydrogens is 433 g/mol. The number of benzene rings is 2. The molecule has 8 heteroatoms. The summed E-state index contributed by atoms with van der Waals surface area (Å²) in [5.74, 6) is -0.468. The van der Waals surface area contributed by atoms with Crippen molar-refractivity contribution in [1.29, 1.82) is 0 Å². The molecule has 1 amide bonds. The third kappa shape index (κ3) is 4.46. The molecule has 0 aliphatic carbocycles. The fourth-order valence-electron chi connectivity index (χ4n) is 3.19. The fraction of sp³-hybridized carbons (Fsp3) is 0.174. The molecule has 1 aromatic heterocycles. The van der Waals surface area contributed by atoms with Gasteiger partial charge in [0.05, 0.1) is 23.7 Å². The molecule has 0 atom stereocenters. The maximum absolute atomic E-state index is 14.3. The van der Waals surface area contributed by atoms with E-state index in [9.17, 15) is 9.18 Å². The molecule has 31 heavy (non-hydrogen) atoms. The van der Waals surface area contributed by atoms with Gasteiger partial charge in [0.1, 0.15) is 15.8 Å². The van der Waals surface area contributed by atoms with Gasteiger partial charge in [-0.1, -0.05) is 54.3 Å². The van der Waals surface area contributed by atoms with Crippen molar-refractivity contribution in [2.75, 3.05) is 20.3 Å². The van der Waals surface area contributed by atoms with Crippen molar-refractivity contribution >= 4 is 40.3 Å². The second-order valence-electron chi connectivity index (χ2n) is 7.00. The van der Waals surface area contributed by atoms with Gasteiger partial charge in [0.15, 0.2) is 0 Å². The van der Waals surface area contributed by atoms with Crippen LogP contribution in [-0.4, -0.2) is 45.2 Å². The van der Waals surface area contributed by atoms with Gasteiger partial charge in [-0.15, -0.1) is 0 Å². The number of hydrogen-bond acceptors (Lipinski definition) is 5. The Kier molecular flexibility index (Phi) is 6.31. The normalized spacial score (nSPS) is 15.3. The largest absolute Gasteiger partial charge is 0.383 e. The predicted molar refractivity (Wildman–Crippen MR) is 125 cm³/mol. The lowest BCUT2D eigenvalue weighted by Gasteiger charge is -2.12. The fourth-order valence-corrected chi connectivity index (χ4v) is 4.49. The molecule has 0 radical (unpaired) electrons. The first kappa shape index (κ1) is 21.4. The summed E-state index contributed by atoms with van der Waals surface area (Å²) in [5, 5.41) is 4.69. The summed E-state index contributed by atoms with van der Waals surface area (Å²) in [6, 6.07) is 14.6. The molecule has 1 aliphatic rings. The van der Waals surface area contributed by atoms with Crippen molar-refractivity contribution in [3.05, 3.63) is 76.6 Å². The zero-order valence-electron chi connectivity index (χ0n) is 17.0. The molecule has 0 N–H and O–H groups in total. The number of aromatic nitrogens is 2. The topological polar surface area (TPSA) is 47.4 Å². The minimum Gasteiger partial charge on any atom is -0.383 e. The van der Waals surface area contributed by atoms with Crippen LogP contribution < -0.4 is 0 Å². The van der Waals surface area contributed by atoms with E-state index in [0.29, 0.717) is 44.8 Å². The highest BCUT2D eigenvalue weighted by Crippen LogP contribution is 2.35. The molecule has 0 unspecified atom stereocenters. The number of para-hydroxylation sites is 1. The number of thiocarbonyl (C=S) groups is 1. The number of methoxy groups -OCH3 is 1. The zero-order valence-corrected chi connectivity index (χ0v) is 18.7. The molecule has 1 fully saturated rings. The molecule has 0 bridgehead atoms. The molecular formula is C23H20FN3O2S2. The standard InChI is InChI=1S/C23H20FN3O2S2/c1-15-8-9-16(12-19(15)24)21-17(14-27(25-21)18-6-4-3-5-7-18)13-20-22(28)26(10-11-29-2)23(30)31-20/h3-9,12-14H,10-11H2,1-2H3/b20-13-. The van der Waals surface area contributed by atoms with Crippen LogP contribution in [0.3, 0.4) is 0 Å². The van der Waals surface area contributed by atoms with E-state index in [-0.39, 0.29) is 11.7 Å². The maximum atomic E-state index is 14.3. The molecule has 2 aromatic carbocycles. The Labute approximate surface area is 189 Å². The van der Waals surface area contributed by atoms with Gasteiger partial charge in [-0.2, -0.15) is 5.10 Å². The van der Waals surface area contributed by atoms with Gasteiger partial charge in [-0.25, -0.2) is 9.07 Å². The highest BCUT2D eigenvalue weighted by molar-refractivity contribution is 8.26. The molecule has 3 aromatic rings. The van der Waals surface area contributed by atoms with Crippen molar-refractivity contribution in [3.63, 3.8) is 0 Å². The number of carbonyl (C=O) groups excluding carboxylic acids is 1. The van der Waals surface area contributed by atoms with Gasteiger partial charge in [-0.3, -0.25) is 9.69 Å². The average Bonchev–Trinajstić information content (AvgIpc) is 3.30. The first-order chi connectivity index (χ1) is 15.0. The minimum atomic E-state index is -0.302. The van der Waals surface area contributed by atoms with Crippen LogP contribution in [0.4, 0.5) is 4.39 Å². The van der Waals surface area contributed by atoms with Crippen LogP contribution in [-0.2, 0) is 9.53 Å². The van der Waals surface area contributed by atoms with Crippen molar-refractivity contribution in [1.82, 2.24) is 14.7 Å². The van der Waals surface area contributed by atoms with Crippen LogP contribution in [0, 0.1) is 12.7 Å². The summed E-state index contributed by atoms with van der Waals surface area (Å²) < 4.78 is 21.6. The van der Waals surface area contributed by atoms with Crippen molar-refractivity contribution in [2.45, 2.75) is 6.92 Å². The van der Waals surface area contributed by atoms with Gasteiger partial charge < -0.3 is 4.74 Å². The quantitative estimate of drug-likeness (QED) is 0.395. The van der Waals surface area contributed by atoms with E-state index >= 15 is 0 Å². The Hall–Kier alpha value is -2.81. The van der Waals surface area contributed by atoms with Gasteiger partial charge in [-0.05, 0) is 36.8 Å². The number of rotatable bonds is 6. The van der Waals surface area contributed by atoms with E-state index in [2.05, 4.69) is 0 Å². The summed E-state index contributed by atoms with van der Waals surface area (Å²) >= 11 is 6.61. The molecule has 158 valence electrons. The van der Waals surface area contributed by atoms with Crippen LogP contribution in [0.1, 0.15) is 11.1 Å². The van der Waals surface area contributed by atoms with Crippen LogP contribution in [0.5, 0.6) is 0 Å². The van der Waals surface area contributed by atoms with Gasteiger partial charge in [0.2, 0.25) is 0 Å². The van der Waals surface area contributed by atoms with E-state index in [1.165, 1.54) is 22.7 Å². The van der Waals surface area contributed by atoms with Gasteiger partial charge in [0.25, 0.3) is 5.91 Å². The van der Waals surface area contributed by atoms with Crippen molar-refractivity contribution in [2.24, 2.45) is 0 Å². The highest BCUT2D eigenvalue weighted by atomic mass is 32.2. The number of halogens is 1. The number of amides is 1. The third-order valence-corrected chi connectivity index (χ3v) is 6.27. The molecule has 2 heterocycles. The molecule has 0 spiro atoms. The summed E-state index contributed by atoms with van der Waals surface area (Å²) in [4.78, 5) is 14.9. The van der Waals surface area contributed by atoms with Crippen LogP contribution in [0.2, 0.25) is 0 Å². The summed E-state index contributed by atoms with van der Waals surface area (Å²) in [6.45, 7) is 2.52. The van der Waals surface area contributed by atoms with E-state index in [4.69, 9.17) is 22.1 Å². The van der Waals surface area contributed by atoms with Crippen LogP contribution >= 0.6 is 24.0 Å². The Morgan fingerprint density at radius 1 is 1.23 bits per heavy atom. The van der Waals surface area contributed by atoms with Crippen molar-refractivity contribution in [3.8, 4) is 16.9 Å². The number of ether oxygens (including phenoxy) is 1. The zero-order chi connectivity index (χ0) is 22.0. The minimum absolute atomic E-state index is 0.166. The Morgan fingerprint density at radius 3 is 2.71 bits per heavy atom. The highest BCUT2D eigenvalue weighted by Gasteiger charge is 2.32. The molecule has 4 rings (SSSR count). The van der Waals surface area contributed by atoms with Crippen molar-refractivity contribution < 1.29 is 13.9 Å². The molecule has 1 aliphatic heterocycles. The second kappa shape index (κ2) is 9.13. The summed E-state index contributed by atoms with van der Waals surface area (Å²) in [7, 11) is 1.58. The lowest BCUT2D eigenvalue weighted by molar-refractivity contribution is -0.122. The maximum Gasteiger partial charge on any atom is 0.266 e.